The van der Waals surface area contributed by atoms with Gasteiger partial charge < -0.3 is 9.42 Å². The summed E-state index contributed by atoms with van der Waals surface area (Å²) in [6, 6.07) is 2.50. The first-order valence-corrected chi connectivity index (χ1v) is 7.41. The van der Waals surface area contributed by atoms with Gasteiger partial charge in [0.05, 0.1) is 17.4 Å². The van der Waals surface area contributed by atoms with Gasteiger partial charge in [-0.25, -0.2) is 4.98 Å². The minimum absolute atomic E-state index is 0.388. The first-order valence-electron chi connectivity index (χ1n) is 7.41. The van der Waals surface area contributed by atoms with Gasteiger partial charge in [-0.3, -0.25) is 4.68 Å². The van der Waals surface area contributed by atoms with Crippen LogP contribution in [0.2, 0.25) is 0 Å². The van der Waals surface area contributed by atoms with Crippen LogP contribution in [-0.4, -0.2) is 38.0 Å². The lowest BCUT2D eigenvalue weighted by molar-refractivity contribution is 0.359. The fraction of sp³-hybridized carbons (Fsp3) is 0.467. The van der Waals surface area contributed by atoms with Gasteiger partial charge in [-0.15, -0.1) is 0 Å². The topological polar surface area (TPSA) is 72.9 Å². The Balaban J connectivity index is 1.65. The Bertz CT molecular complexity index is 858. The third-order valence-corrected chi connectivity index (χ3v) is 4.15. The molecule has 1 aliphatic heterocycles. The number of aryl methyl sites for hydroxylation is 4. The maximum absolute atomic E-state index is 5.28. The third-order valence-electron chi connectivity index (χ3n) is 4.15. The molecule has 3 aromatic rings. The normalized spacial score (nSPS) is 15.5. The largest absolute Gasteiger partial charge is 0.351 e. The number of hydrogen-bond donors (Lipinski definition) is 0. The Morgan fingerprint density at radius 2 is 1.91 bits per heavy atom. The first-order chi connectivity index (χ1) is 10.5. The van der Waals surface area contributed by atoms with Crippen LogP contribution in [-0.2, 0) is 0 Å². The fourth-order valence-electron chi connectivity index (χ4n) is 3.10. The van der Waals surface area contributed by atoms with Crippen LogP contribution < -0.4 is 4.90 Å². The molecule has 114 valence electrons. The molecule has 22 heavy (non-hydrogen) atoms. The van der Waals surface area contributed by atoms with E-state index in [4.69, 9.17) is 4.52 Å². The summed E-state index contributed by atoms with van der Waals surface area (Å²) in [7, 11) is 0. The molecule has 3 aromatic heterocycles. The smallest absolute Gasteiger partial charge is 0.263 e. The zero-order valence-electron chi connectivity index (χ0n) is 13.2. The summed E-state index contributed by atoms with van der Waals surface area (Å²) in [6.07, 6.45) is 0. The molecule has 0 N–H and O–H groups in total. The average Bonchev–Trinajstić information content (AvgIpc) is 2.91. The lowest BCUT2D eigenvalue weighted by Crippen LogP contribution is -2.49. The second kappa shape index (κ2) is 4.53. The van der Waals surface area contributed by atoms with Gasteiger partial charge in [-0.2, -0.15) is 10.1 Å². The molecule has 0 amide bonds. The van der Waals surface area contributed by atoms with E-state index in [9.17, 15) is 0 Å². The highest BCUT2D eigenvalue weighted by Crippen LogP contribution is 2.33. The molecule has 0 atom stereocenters. The second-order valence-electron chi connectivity index (χ2n) is 5.97. The highest BCUT2D eigenvalue weighted by molar-refractivity contribution is 5.88. The Hall–Kier alpha value is -2.44. The predicted octanol–water partition coefficient (Wildman–Crippen LogP) is 2.11. The van der Waals surface area contributed by atoms with Gasteiger partial charge in [0.1, 0.15) is 17.0 Å². The Morgan fingerprint density at radius 1 is 1.14 bits per heavy atom. The van der Waals surface area contributed by atoms with Gasteiger partial charge in [0.15, 0.2) is 0 Å². The minimum atomic E-state index is 0.388. The van der Waals surface area contributed by atoms with E-state index in [0.29, 0.717) is 17.6 Å². The highest BCUT2D eigenvalue weighted by Gasteiger charge is 2.33. The van der Waals surface area contributed by atoms with Crippen molar-refractivity contribution in [2.24, 2.45) is 0 Å². The molecule has 1 saturated heterocycles. The zero-order valence-corrected chi connectivity index (χ0v) is 13.2. The summed E-state index contributed by atoms with van der Waals surface area (Å²) in [4.78, 5) is 11.1. The average molecular weight is 298 g/mol. The van der Waals surface area contributed by atoms with Crippen molar-refractivity contribution in [1.29, 1.82) is 0 Å². The van der Waals surface area contributed by atoms with Crippen molar-refractivity contribution < 1.29 is 4.52 Å². The molecule has 0 spiro atoms. The summed E-state index contributed by atoms with van der Waals surface area (Å²) in [5, 5.41) is 9.50. The quantitative estimate of drug-likeness (QED) is 0.721. The Labute approximate surface area is 127 Å². The lowest BCUT2D eigenvalue weighted by Gasteiger charge is -2.40. The van der Waals surface area contributed by atoms with Crippen molar-refractivity contribution >= 4 is 16.9 Å². The van der Waals surface area contributed by atoms with Crippen LogP contribution in [0.1, 0.15) is 28.9 Å². The molecule has 7 nitrogen and oxygen atoms in total. The van der Waals surface area contributed by atoms with E-state index < -0.39 is 0 Å². The van der Waals surface area contributed by atoms with Crippen LogP contribution in [0.25, 0.3) is 11.1 Å². The minimum Gasteiger partial charge on any atom is -0.351 e. The van der Waals surface area contributed by atoms with Crippen molar-refractivity contribution in [3.63, 3.8) is 0 Å². The van der Waals surface area contributed by atoms with Crippen LogP contribution >= 0.6 is 0 Å². The van der Waals surface area contributed by atoms with E-state index in [1.807, 2.05) is 20.8 Å². The fourth-order valence-corrected chi connectivity index (χ4v) is 3.10. The second-order valence-corrected chi connectivity index (χ2v) is 5.97. The van der Waals surface area contributed by atoms with Crippen molar-refractivity contribution in [2.45, 2.75) is 33.7 Å². The van der Waals surface area contributed by atoms with Gasteiger partial charge in [0.25, 0.3) is 5.71 Å². The van der Waals surface area contributed by atoms with Crippen LogP contribution in [0.3, 0.4) is 0 Å². The van der Waals surface area contributed by atoms with Crippen molar-refractivity contribution in [2.75, 3.05) is 18.0 Å². The number of hydrogen-bond acceptors (Lipinski definition) is 6. The molecule has 4 rings (SSSR count). The number of fused-ring (bicyclic) bond motifs is 1. The van der Waals surface area contributed by atoms with E-state index in [1.165, 1.54) is 5.69 Å². The zero-order chi connectivity index (χ0) is 15.4. The van der Waals surface area contributed by atoms with Gasteiger partial charge >= 0.3 is 0 Å². The number of aromatic nitrogens is 5. The van der Waals surface area contributed by atoms with Crippen LogP contribution in [0.15, 0.2) is 10.6 Å². The van der Waals surface area contributed by atoms with Crippen LogP contribution in [0, 0.1) is 27.7 Å². The van der Waals surface area contributed by atoms with Crippen LogP contribution in [0.5, 0.6) is 0 Å². The molecular weight excluding hydrogens is 280 g/mol. The van der Waals surface area contributed by atoms with E-state index >= 15 is 0 Å². The summed E-state index contributed by atoms with van der Waals surface area (Å²) in [5.74, 6) is 1.62. The molecular formula is C15H18N6O. The highest BCUT2D eigenvalue weighted by atomic mass is 16.5. The van der Waals surface area contributed by atoms with Crippen molar-refractivity contribution in [3.8, 4) is 0 Å². The first kappa shape index (κ1) is 13.2. The molecule has 0 aromatic carbocycles. The van der Waals surface area contributed by atoms with Gasteiger partial charge in [-0.05, 0) is 33.8 Å². The van der Waals surface area contributed by atoms with Crippen molar-refractivity contribution in [3.05, 3.63) is 29.0 Å². The third kappa shape index (κ3) is 1.88. The molecule has 7 heteroatoms. The van der Waals surface area contributed by atoms with Gasteiger partial charge in [0.2, 0.25) is 0 Å². The maximum Gasteiger partial charge on any atom is 0.263 e. The molecule has 0 aliphatic carbocycles. The summed E-state index contributed by atoms with van der Waals surface area (Å²) < 4.78 is 7.39. The van der Waals surface area contributed by atoms with Crippen molar-refractivity contribution in [1.82, 2.24) is 24.9 Å². The number of nitrogens with zero attached hydrogens (tertiary/aromatic N) is 6. The van der Waals surface area contributed by atoms with E-state index in [-0.39, 0.29) is 0 Å². The SMILES string of the molecule is Cc1cc(C)n(C2CN(c3nc(C)nc4onc(C)c34)C2)n1. The molecule has 0 radical (unpaired) electrons. The summed E-state index contributed by atoms with van der Waals surface area (Å²) in [5.41, 5.74) is 3.66. The number of anilines is 1. The number of rotatable bonds is 2. The molecule has 0 saturated carbocycles. The molecule has 4 heterocycles. The maximum atomic E-state index is 5.28. The van der Waals surface area contributed by atoms with Gasteiger partial charge in [-0.1, -0.05) is 5.16 Å². The molecule has 0 unspecified atom stereocenters. The van der Waals surface area contributed by atoms with E-state index in [0.717, 1.165) is 35.7 Å². The summed E-state index contributed by atoms with van der Waals surface area (Å²) >= 11 is 0. The van der Waals surface area contributed by atoms with Crippen LogP contribution in [0.4, 0.5) is 5.82 Å². The lowest BCUT2D eigenvalue weighted by atomic mass is 10.1. The van der Waals surface area contributed by atoms with E-state index in [1.54, 1.807) is 0 Å². The van der Waals surface area contributed by atoms with E-state index in [2.05, 4.69) is 42.8 Å². The monoisotopic (exact) mass is 298 g/mol. The molecule has 1 aliphatic rings. The standard InChI is InChI=1S/C15H18N6O/c1-8-5-9(2)21(18-8)12-6-20(7-12)14-13-10(3)19-22-15(13)17-11(4)16-14/h5,12H,6-7H2,1-4H3. The predicted molar refractivity (Wildman–Crippen MR) is 82.0 cm³/mol. The summed E-state index contributed by atoms with van der Waals surface area (Å²) in [6.45, 7) is 9.69. The van der Waals surface area contributed by atoms with Gasteiger partial charge in [0, 0.05) is 18.8 Å². The Morgan fingerprint density at radius 3 is 2.59 bits per heavy atom. The molecule has 0 bridgehead atoms. The Kier molecular flexibility index (Phi) is 2.72. The molecule has 1 fully saturated rings.